The van der Waals surface area contributed by atoms with Gasteiger partial charge in [0.25, 0.3) is 0 Å². The lowest BCUT2D eigenvalue weighted by molar-refractivity contribution is 0.739. The van der Waals surface area contributed by atoms with Crippen LogP contribution in [0.1, 0.15) is 12.5 Å². The molecule has 0 saturated heterocycles. The number of hydrogen-bond donors (Lipinski definition) is 2. The van der Waals surface area contributed by atoms with Gasteiger partial charge in [-0.1, -0.05) is 25.1 Å². The molecule has 0 aliphatic carbocycles. The molecule has 0 radical (unpaired) electrons. The van der Waals surface area contributed by atoms with Crippen LogP contribution >= 0.6 is 11.3 Å². The third-order valence-corrected chi connectivity index (χ3v) is 5.10. The third-order valence-electron chi connectivity index (χ3n) is 3.79. The van der Waals surface area contributed by atoms with Crippen LogP contribution in [-0.2, 0) is 0 Å². The van der Waals surface area contributed by atoms with Crippen LogP contribution < -0.4 is 16.1 Å². The van der Waals surface area contributed by atoms with E-state index in [2.05, 4.69) is 30.5 Å². The minimum absolute atomic E-state index is 0.124. The Balaban J connectivity index is 2.15. The van der Waals surface area contributed by atoms with Gasteiger partial charge in [-0.2, -0.15) is 0 Å². The lowest BCUT2D eigenvalue weighted by atomic mass is 10.1. The van der Waals surface area contributed by atoms with E-state index in [1.165, 1.54) is 0 Å². The number of nitrogens with one attached hydrogen (secondary N) is 2. The summed E-state index contributed by atoms with van der Waals surface area (Å²) in [6, 6.07) is 12.0. The molecule has 3 nitrogen and oxygen atoms in total. The van der Waals surface area contributed by atoms with Gasteiger partial charge in [-0.3, -0.25) is 4.79 Å². The first-order chi connectivity index (χ1) is 10.7. The normalized spacial score (nSPS) is 11.2. The Kier molecular flexibility index (Phi) is 4.41. The van der Waals surface area contributed by atoms with Crippen molar-refractivity contribution in [1.29, 1.82) is 0 Å². The number of anilines is 1. The second-order valence-electron chi connectivity index (χ2n) is 5.34. The number of likely N-dealkylation sites (N-methyl/N-ethyl adjacent to an activating group) is 1. The highest BCUT2D eigenvalue weighted by Gasteiger charge is 2.11. The van der Waals surface area contributed by atoms with Crippen molar-refractivity contribution < 1.29 is 0 Å². The van der Waals surface area contributed by atoms with Crippen molar-refractivity contribution >= 4 is 37.2 Å². The molecular weight excluding hydrogens is 292 g/mol. The Morgan fingerprint density at radius 2 is 1.91 bits per heavy atom. The van der Waals surface area contributed by atoms with Crippen LogP contribution in [0, 0.1) is 6.92 Å². The molecule has 0 unspecified atom stereocenters. The molecule has 0 bridgehead atoms. The Bertz CT molecular complexity index is 870. The third kappa shape index (κ3) is 2.72. The Hall–Kier alpha value is -1.91. The van der Waals surface area contributed by atoms with Crippen LogP contribution in [0.5, 0.6) is 0 Å². The predicted molar refractivity (Wildman–Crippen MR) is 97.4 cm³/mol. The van der Waals surface area contributed by atoms with Gasteiger partial charge in [0.15, 0.2) is 5.43 Å². The molecule has 0 aliphatic heterocycles. The summed E-state index contributed by atoms with van der Waals surface area (Å²) in [4.78, 5) is 12.9. The number of aryl methyl sites for hydroxylation is 1. The molecule has 0 aliphatic rings. The van der Waals surface area contributed by atoms with E-state index < -0.39 is 0 Å². The Morgan fingerprint density at radius 3 is 2.73 bits per heavy atom. The van der Waals surface area contributed by atoms with E-state index >= 15 is 0 Å². The minimum Gasteiger partial charge on any atom is -0.383 e. The van der Waals surface area contributed by atoms with Crippen LogP contribution in [0.4, 0.5) is 5.69 Å². The number of benzene rings is 2. The molecule has 4 heteroatoms. The molecule has 0 atom stereocenters. The molecule has 3 rings (SSSR count). The van der Waals surface area contributed by atoms with Gasteiger partial charge in [0, 0.05) is 33.6 Å². The van der Waals surface area contributed by atoms with Crippen molar-refractivity contribution in [2.45, 2.75) is 13.8 Å². The summed E-state index contributed by atoms with van der Waals surface area (Å²) < 4.78 is 2.13. The van der Waals surface area contributed by atoms with Gasteiger partial charge in [0.05, 0.1) is 5.39 Å². The maximum atomic E-state index is 12.9. The predicted octanol–water partition coefficient (Wildman–Crippen LogP) is 3.74. The van der Waals surface area contributed by atoms with Crippen LogP contribution in [0.15, 0.2) is 41.2 Å². The highest BCUT2D eigenvalue weighted by molar-refractivity contribution is 7.24. The summed E-state index contributed by atoms with van der Waals surface area (Å²) in [5, 5.41) is 8.31. The fourth-order valence-corrected chi connectivity index (χ4v) is 3.81. The van der Waals surface area contributed by atoms with Crippen molar-refractivity contribution in [3.63, 3.8) is 0 Å². The molecule has 114 valence electrons. The first-order valence-corrected chi connectivity index (χ1v) is 8.43. The average molecular weight is 312 g/mol. The fourth-order valence-electron chi connectivity index (χ4n) is 2.64. The van der Waals surface area contributed by atoms with Gasteiger partial charge >= 0.3 is 0 Å². The first-order valence-electron chi connectivity index (χ1n) is 7.62. The summed E-state index contributed by atoms with van der Waals surface area (Å²) in [5.41, 5.74) is 2.21. The van der Waals surface area contributed by atoms with Crippen LogP contribution in [0.2, 0.25) is 0 Å². The van der Waals surface area contributed by atoms with Gasteiger partial charge < -0.3 is 10.6 Å². The van der Waals surface area contributed by atoms with Gasteiger partial charge in [-0.25, -0.2) is 0 Å². The number of rotatable bonds is 5. The second-order valence-corrected chi connectivity index (χ2v) is 6.39. The molecule has 1 aromatic heterocycles. The SMILES string of the molecule is CCNCCNc1ccc(C)c2sc3ccccc3c(=O)c12. The zero-order chi connectivity index (χ0) is 15.5. The number of fused-ring (bicyclic) bond motifs is 2. The molecular formula is C18H20N2OS. The van der Waals surface area contributed by atoms with Gasteiger partial charge in [0.1, 0.15) is 0 Å². The molecule has 1 heterocycles. The Morgan fingerprint density at radius 1 is 1.09 bits per heavy atom. The van der Waals surface area contributed by atoms with Crippen molar-refractivity contribution in [2.24, 2.45) is 0 Å². The lowest BCUT2D eigenvalue weighted by Crippen LogP contribution is -2.22. The first kappa shape index (κ1) is 15.0. The number of hydrogen-bond acceptors (Lipinski definition) is 4. The van der Waals surface area contributed by atoms with E-state index in [-0.39, 0.29) is 5.43 Å². The molecule has 0 amide bonds. The average Bonchev–Trinajstić information content (AvgIpc) is 2.54. The highest BCUT2D eigenvalue weighted by Crippen LogP contribution is 2.31. The van der Waals surface area contributed by atoms with Crippen molar-refractivity contribution in [3.05, 3.63) is 52.2 Å². The summed E-state index contributed by atoms with van der Waals surface area (Å²) in [6.45, 7) is 6.80. The van der Waals surface area contributed by atoms with Gasteiger partial charge in [-0.15, -0.1) is 11.3 Å². The summed E-state index contributed by atoms with van der Waals surface area (Å²) in [5.74, 6) is 0. The van der Waals surface area contributed by atoms with Crippen molar-refractivity contribution in [1.82, 2.24) is 5.32 Å². The molecule has 22 heavy (non-hydrogen) atoms. The Labute approximate surface area is 134 Å². The zero-order valence-electron chi connectivity index (χ0n) is 12.9. The molecule has 2 aromatic carbocycles. The van der Waals surface area contributed by atoms with E-state index in [0.717, 1.165) is 51.1 Å². The summed E-state index contributed by atoms with van der Waals surface area (Å²) in [7, 11) is 0. The van der Waals surface area contributed by atoms with E-state index in [0.29, 0.717) is 0 Å². The standard InChI is InChI=1S/C18H20N2OS/c1-3-19-10-11-20-14-9-8-12(2)18-16(14)17(21)13-6-4-5-7-15(13)22-18/h4-9,19-20H,3,10-11H2,1-2H3. The van der Waals surface area contributed by atoms with Gasteiger partial charge in [0.2, 0.25) is 0 Å². The van der Waals surface area contributed by atoms with Crippen LogP contribution in [-0.4, -0.2) is 19.6 Å². The van der Waals surface area contributed by atoms with Crippen LogP contribution in [0.3, 0.4) is 0 Å². The van der Waals surface area contributed by atoms with E-state index in [9.17, 15) is 4.79 Å². The summed E-state index contributed by atoms with van der Waals surface area (Å²) in [6.07, 6.45) is 0. The molecule has 3 aromatic rings. The van der Waals surface area contributed by atoms with E-state index in [1.54, 1.807) is 11.3 Å². The quantitative estimate of drug-likeness (QED) is 0.557. The molecule has 0 saturated carbocycles. The van der Waals surface area contributed by atoms with Crippen molar-refractivity contribution in [2.75, 3.05) is 25.0 Å². The smallest absolute Gasteiger partial charge is 0.197 e. The minimum atomic E-state index is 0.124. The van der Waals surface area contributed by atoms with Crippen LogP contribution in [0.25, 0.3) is 20.2 Å². The zero-order valence-corrected chi connectivity index (χ0v) is 13.7. The molecule has 0 fully saturated rings. The fraction of sp³-hybridized carbons (Fsp3) is 0.278. The van der Waals surface area contributed by atoms with Crippen molar-refractivity contribution in [3.8, 4) is 0 Å². The largest absolute Gasteiger partial charge is 0.383 e. The molecule has 0 spiro atoms. The lowest BCUT2D eigenvalue weighted by Gasteiger charge is -2.12. The second kappa shape index (κ2) is 6.46. The van der Waals surface area contributed by atoms with E-state index in [1.807, 2.05) is 30.3 Å². The maximum Gasteiger partial charge on any atom is 0.197 e. The van der Waals surface area contributed by atoms with E-state index in [4.69, 9.17) is 0 Å². The summed E-state index contributed by atoms with van der Waals surface area (Å²) >= 11 is 1.69. The maximum absolute atomic E-state index is 12.9. The monoisotopic (exact) mass is 312 g/mol. The van der Waals surface area contributed by atoms with Gasteiger partial charge in [-0.05, 0) is 37.2 Å². The molecule has 2 N–H and O–H groups in total. The topological polar surface area (TPSA) is 41.1 Å². The highest BCUT2D eigenvalue weighted by atomic mass is 32.1.